The van der Waals surface area contributed by atoms with Crippen LogP contribution in [-0.2, 0) is 6.54 Å². The van der Waals surface area contributed by atoms with Gasteiger partial charge in [0.1, 0.15) is 6.26 Å². The molecule has 2 N–H and O–H groups in total. The van der Waals surface area contributed by atoms with Gasteiger partial charge in [-0.3, -0.25) is 4.99 Å². The van der Waals surface area contributed by atoms with E-state index in [1.165, 1.54) is 0 Å². The molecule has 24 heavy (non-hydrogen) atoms. The van der Waals surface area contributed by atoms with Crippen LogP contribution < -0.4 is 10.6 Å². The second-order valence-corrected chi connectivity index (χ2v) is 5.26. The molecule has 0 bridgehead atoms. The molecule has 0 aliphatic heterocycles. The summed E-state index contributed by atoms with van der Waals surface area (Å²) in [4.78, 5) is 10.9. The predicted octanol–water partition coefficient (Wildman–Crippen LogP) is 2.58. The Morgan fingerprint density at radius 2 is 2.00 bits per heavy atom. The summed E-state index contributed by atoms with van der Waals surface area (Å²) in [5.41, 5.74) is 1.82. The van der Waals surface area contributed by atoms with E-state index in [0.29, 0.717) is 12.4 Å². The van der Waals surface area contributed by atoms with Gasteiger partial charge in [-0.15, -0.1) is 24.0 Å². The van der Waals surface area contributed by atoms with E-state index in [4.69, 9.17) is 4.42 Å². The predicted molar refractivity (Wildman–Crippen MR) is 109 cm³/mol. The summed E-state index contributed by atoms with van der Waals surface area (Å²) >= 11 is 0. The van der Waals surface area contributed by atoms with E-state index in [1.807, 2.05) is 30.3 Å². The number of nitrogens with zero attached hydrogens (tertiary/aromatic N) is 3. The van der Waals surface area contributed by atoms with Gasteiger partial charge in [0.2, 0.25) is 5.89 Å². The lowest BCUT2D eigenvalue weighted by molar-refractivity contribution is 0.357. The van der Waals surface area contributed by atoms with Gasteiger partial charge >= 0.3 is 0 Å². The van der Waals surface area contributed by atoms with Crippen LogP contribution in [0, 0.1) is 0 Å². The van der Waals surface area contributed by atoms with Crippen molar-refractivity contribution in [2.24, 2.45) is 4.99 Å². The summed E-state index contributed by atoms with van der Waals surface area (Å²) in [7, 11) is 3.86. The van der Waals surface area contributed by atoms with Crippen LogP contribution in [0.4, 0.5) is 0 Å². The molecule has 2 rings (SSSR count). The molecule has 0 spiro atoms. The average molecular weight is 443 g/mol. The lowest BCUT2D eigenvalue weighted by atomic mass is 10.2. The number of oxazole rings is 1. The number of nitrogens with one attached hydrogen (secondary N) is 2. The molecule has 0 atom stereocenters. The van der Waals surface area contributed by atoms with Crippen molar-refractivity contribution in [3.05, 3.63) is 42.3 Å². The Labute approximate surface area is 160 Å². The summed E-state index contributed by atoms with van der Waals surface area (Å²) in [6.45, 7) is 5.56. The first-order valence-electron chi connectivity index (χ1n) is 7.85. The first-order valence-corrected chi connectivity index (χ1v) is 7.85. The van der Waals surface area contributed by atoms with Crippen LogP contribution in [0.15, 0.2) is 46.0 Å². The van der Waals surface area contributed by atoms with Crippen LogP contribution >= 0.6 is 24.0 Å². The zero-order chi connectivity index (χ0) is 16.5. The summed E-state index contributed by atoms with van der Waals surface area (Å²) in [6, 6.07) is 9.87. The van der Waals surface area contributed by atoms with Gasteiger partial charge in [0, 0.05) is 25.7 Å². The van der Waals surface area contributed by atoms with Crippen molar-refractivity contribution < 1.29 is 4.42 Å². The monoisotopic (exact) mass is 443 g/mol. The van der Waals surface area contributed by atoms with Crippen molar-refractivity contribution in [3.8, 4) is 11.5 Å². The number of rotatable bonds is 7. The Balaban J connectivity index is 0.00000288. The van der Waals surface area contributed by atoms with Crippen LogP contribution in [0.1, 0.15) is 12.6 Å². The fraction of sp³-hybridized carbons (Fsp3) is 0.412. The van der Waals surface area contributed by atoms with Crippen molar-refractivity contribution in [2.45, 2.75) is 13.5 Å². The number of hydrogen-bond acceptors (Lipinski definition) is 4. The van der Waals surface area contributed by atoms with E-state index in [-0.39, 0.29) is 24.0 Å². The SMILES string of the molecule is CCN(C)CCNC(=NC)NCc1coc(-c2ccccc2)n1.I. The molecule has 2 aromatic rings. The van der Waals surface area contributed by atoms with E-state index < -0.39 is 0 Å². The lowest BCUT2D eigenvalue weighted by Gasteiger charge is -2.16. The van der Waals surface area contributed by atoms with Crippen LogP contribution in [0.25, 0.3) is 11.5 Å². The van der Waals surface area contributed by atoms with Gasteiger partial charge in [0.05, 0.1) is 12.2 Å². The number of hydrogen-bond donors (Lipinski definition) is 2. The maximum absolute atomic E-state index is 5.53. The minimum atomic E-state index is 0. The zero-order valence-corrected chi connectivity index (χ0v) is 16.8. The molecule has 0 aliphatic rings. The molecule has 0 amide bonds. The number of aromatic nitrogens is 1. The maximum atomic E-state index is 5.53. The first-order chi connectivity index (χ1) is 11.2. The van der Waals surface area contributed by atoms with E-state index in [0.717, 1.165) is 36.9 Å². The van der Waals surface area contributed by atoms with Crippen LogP contribution in [-0.4, -0.2) is 49.6 Å². The summed E-state index contributed by atoms with van der Waals surface area (Å²) < 4.78 is 5.53. The van der Waals surface area contributed by atoms with E-state index in [9.17, 15) is 0 Å². The number of likely N-dealkylation sites (N-methyl/N-ethyl adjacent to an activating group) is 1. The lowest BCUT2D eigenvalue weighted by Crippen LogP contribution is -2.40. The van der Waals surface area contributed by atoms with Crippen LogP contribution in [0.2, 0.25) is 0 Å². The number of guanidine groups is 1. The maximum Gasteiger partial charge on any atom is 0.226 e. The molecule has 1 aromatic carbocycles. The molecule has 0 saturated carbocycles. The Morgan fingerprint density at radius 3 is 2.67 bits per heavy atom. The van der Waals surface area contributed by atoms with Gasteiger partial charge in [-0.25, -0.2) is 4.98 Å². The third-order valence-corrected chi connectivity index (χ3v) is 3.56. The summed E-state index contributed by atoms with van der Waals surface area (Å²) in [6.07, 6.45) is 1.67. The van der Waals surface area contributed by atoms with Crippen LogP contribution in [0.5, 0.6) is 0 Å². The minimum absolute atomic E-state index is 0. The molecule has 7 heteroatoms. The second-order valence-electron chi connectivity index (χ2n) is 5.26. The minimum Gasteiger partial charge on any atom is -0.444 e. The number of benzene rings is 1. The highest BCUT2D eigenvalue weighted by Gasteiger charge is 2.07. The van der Waals surface area contributed by atoms with Crippen molar-refractivity contribution in [1.29, 1.82) is 0 Å². The van der Waals surface area contributed by atoms with E-state index >= 15 is 0 Å². The average Bonchev–Trinajstić information content (AvgIpc) is 3.07. The summed E-state index contributed by atoms with van der Waals surface area (Å²) in [5, 5.41) is 6.52. The second kappa shape index (κ2) is 11.0. The first kappa shape index (κ1) is 20.4. The molecule has 1 heterocycles. The molecular formula is C17H26IN5O. The van der Waals surface area contributed by atoms with E-state index in [2.05, 4.69) is 39.5 Å². The van der Waals surface area contributed by atoms with Crippen LogP contribution in [0.3, 0.4) is 0 Å². The highest BCUT2D eigenvalue weighted by Crippen LogP contribution is 2.17. The number of aliphatic imine (C=N–C) groups is 1. The van der Waals surface area contributed by atoms with Gasteiger partial charge in [-0.1, -0.05) is 25.1 Å². The topological polar surface area (TPSA) is 65.7 Å². The molecule has 0 aliphatic carbocycles. The smallest absolute Gasteiger partial charge is 0.226 e. The van der Waals surface area contributed by atoms with Crippen molar-refractivity contribution in [2.75, 3.05) is 33.7 Å². The zero-order valence-electron chi connectivity index (χ0n) is 14.5. The molecule has 1 aromatic heterocycles. The molecule has 6 nitrogen and oxygen atoms in total. The largest absolute Gasteiger partial charge is 0.444 e. The normalized spacial score (nSPS) is 11.2. The third kappa shape index (κ3) is 6.48. The third-order valence-electron chi connectivity index (χ3n) is 3.56. The van der Waals surface area contributed by atoms with Gasteiger partial charge in [0.15, 0.2) is 5.96 Å². The molecule has 132 valence electrons. The Bertz CT molecular complexity index is 614. The molecule has 0 fully saturated rings. The molecular weight excluding hydrogens is 417 g/mol. The quantitative estimate of drug-likeness (QED) is 0.391. The van der Waals surface area contributed by atoms with Gasteiger partial charge in [-0.05, 0) is 25.7 Å². The van der Waals surface area contributed by atoms with Crippen molar-refractivity contribution in [3.63, 3.8) is 0 Å². The Kier molecular flexibility index (Phi) is 9.39. The van der Waals surface area contributed by atoms with Gasteiger partial charge < -0.3 is 20.0 Å². The highest BCUT2D eigenvalue weighted by atomic mass is 127. The van der Waals surface area contributed by atoms with Crippen molar-refractivity contribution >= 4 is 29.9 Å². The molecule has 0 saturated heterocycles. The van der Waals surface area contributed by atoms with E-state index in [1.54, 1.807) is 13.3 Å². The number of halogens is 1. The standard InChI is InChI=1S/C17H25N5O.HI/c1-4-22(3)11-10-19-17(18-2)20-12-15-13-23-16(21-15)14-8-6-5-7-9-14;/h5-9,13H,4,10-12H2,1-3H3,(H2,18,19,20);1H. The fourth-order valence-corrected chi connectivity index (χ4v) is 2.02. The fourth-order valence-electron chi connectivity index (χ4n) is 2.02. The van der Waals surface area contributed by atoms with Gasteiger partial charge in [0.25, 0.3) is 0 Å². The van der Waals surface area contributed by atoms with Crippen molar-refractivity contribution in [1.82, 2.24) is 20.5 Å². The Hall–Kier alpha value is -1.61. The van der Waals surface area contributed by atoms with Gasteiger partial charge in [-0.2, -0.15) is 0 Å². The highest BCUT2D eigenvalue weighted by molar-refractivity contribution is 14.0. The molecule has 0 unspecified atom stereocenters. The summed E-state index contributed by atoms with van der Waals surface area (Å²) in [5.74, 6) is 1.40. The molecule has 0 radical (unpaired) electrons. The Morgan fingerprint density at radius 1 is 1.25 bits per heavy atom.